The SMILES string of the molecule is OC(NC1CC(/C=[N+]2/C=C(C3COC3)N=N2)C1)c1cc(-c2ccccc2)on1. The minimum Gasteiger partial charge on any atom is -0.380 e. The molecule has 2 aromatic rings. The number of hydrogen-bond donors (Lipinski definition) is 2. The van der Waals surface area contributed by atoms with E-state index in [0.717, 1.165) is 37.3 Å². The van der Waals surface area contributed by atoms with Crippen LogP contribution in [0, 0.1) is 11.8 Å². The predicted octanol–water partition coefficient (Wildman–Crippen LogP) is 2.65. The summed E-state index contributed by atoms with van der Waals surface area (Å²) >= 11 is 0. The van der Waals surface area contributed by atoms with E-state index in [-0.39, 0.29) is 6.04 Å². The molecule has 3 aliphatic rings. The third-order valence-electron chi connectivity index (χ3n) is 5.38. The minimum absolute atomic E-state index is 0.233. The Hall–Kier alpha value is -2.68. The van der Waals surface area contributed by atoms with Gasteiger partial charge in [-0.15, -0.1) is 4.68 Å². The Labute approximate surface area is 162 Å². The third-order valence-corrected chi connectivity index (χ3v) is 5.38. The summed E-state index contributed by atoms with van der Waals surface area (Å²) in [6, 6.07) is 11.7. The molecule has 8 nitrogen and oxygen atoms in total. The van der Waals surface area contributed by atoms with Gasteiger partial charge < -0.3 is 14.4 Å². The van der Waals surface area contributed by atoms with Gasteiger partial charge in [-0.25, -0.2) is 0 Å². The van der Waals surface area contributed by atoms with E-state index < -0.39 is 6.23 Å². The van der Waals surface area contributed by atoms with Crippen molar-refractivity contribution >= 4 is 6.21 Å². The Kier molecular flexibility index (Phi) is 4.59. The molecule has 1 aromatic heterocycles. The average Bonchev–Trinajstić information content (AvgIpc) is 3.29. The Morgan fingerprint density at radius 3 is 2.79 bits per heavy atom. The number of rotatable bonds is 6. The van der Waals surface area contributed by atoms with E-state index in [9.17, 15) is 5.11 Å². The first kappa shape index (κ1) is 17.4. The molecule has 1 atom stereocenters. The van der Waals surface area contributed by atoms with E-state index in [1.54, 1.807) is 10.8 Å². The fourth-order valence-corrected chi connectivity index (χ4v) is 3.56. The Bertz CT molecular complexity index is 926. The van der Waals surface area contributed by atoms with Crippen molar-refractivity contribution < 1.29 is 19.1 Å². The second-order valence-corrected chi connectivity index (χ2v) is 7.49. The highest BCUT2D eigenvalue weighted by Crippen LogP contribution is 2.30. The van der Waals surface area contributed by atoms with Crippen LogP contribution in [0.2, 0.25) is 0 Å². The predicted molar refractivity (Wildman–Crippen MR) is 100 cm³/mol. The number of benzene rings is 1. The number of ether oxygens (including phenoxy) is 1. The van der Waals surface area contributed by atoms with Crippen LogP contribution in [0.5, 0.6) is 0 Å². The number of aliphatic hydroxyl groups excluding tert-OH is 1. The Morgan fingerprint density at radius 2 is 2.04 bits per heavy atom. The molecule has 1 aliphatic carbocycles. The van der Waals surface area contributed by atoms with E-state index in [1.165, 1.54) is 0 Å². The summed E-state index contributed by atoms with van der Waals surface area (Å²) in [4.78, 5) is 0. The maximum absolute atomic E-state index is 10.4. The van der Waals surface area contributed by atoms with Crippen molar-refractivity contribution in [1.82, 2.24) is 10.5 Å². The van der Waals surface area contributed by atoms with E-state index in [4.69, 9.17) is 9.26 Å². The molecular weight excluding hydrogens is 358 g/mol. The highest BCUT2D eigenvalue weighted by Gasteiger charge is 2.34. The molecule has 0 spiro atoms. The Balaban J connectivity index is 1.13. The van der Waals surface area contributed by atoms with E-state index in [1.807, 2.05) is 36.5 Å². The molecule has 0 radical (unpaired) electrons. The van der Waals surface area contributed by atoms with Crippen molar-refractivity contribution in [2.24, 2.45) is 22.2 Å². The van der Waals surface area contributed by atoms with E-state index in [0.29, 0.717) is 23.3 Å². The van der Waals surface area contributed by atoms with Gasteiger partial charge in [0, 0.05) is 23.6 Å². The van der Waals surface area contributed by atoms with Crippen molar-refractivity contribution in [2.75, 3.05) is 13.2 Å². The fourth-order valence-electron chi connectivity index (χ4n) is 3.56. The first-order valence-electron chi connectivity index (χ1n) is 9.55. The van der Waals surface area contributed by atoms with Crippen LogP contribution in [0.15, 0.2) is 63.2 Å². The minimum atomic E-state index is -0.844. The molecule has 144 valence electrons. The lowest BCUT2D eigenvalue weighted by Crippen LogP contribution is -2.44. The van der Waals surface area contributed by atoms with Crippen molar-refractivity contribution in [3.8, 4) is 11.3 Å². The van der Waals surface area contributed by atoms with Crippen LogP contribution in [0.25, 0.3) is 11.3 Å². The molecule has 3 heterocycles. The summed E-state index contributed by atoms with van der Waals surface area (Å²) in [6.07, 6.45) is 5.08. The molecule has 5 rings (SSSR count). The molecule has 1 saturated carbocycles. The molecule has 0 amide bonds. The summed E-state index contributed by atoms with van der Waals surface area (Å²) in [5, 5.41) is 26.0. The first-order valence-corrected chi connectivity index (χ1v) is 9.55. The number of hydrogen-bond acceptors (Lipinski definition) is 7. The lowest BCUT2D eigenvalue weighted by atomic mass is 9.81. The lowest BCUT2D eigenvalue weighted by molar-refractivity contribution is -0.462. The second kappa shape index (κ2) is 7.38. The number of nitrogens with one attached hydrogen (secondary N) is 1. The summed E-state index contributed by atoms with van der Waals surface area (Å²) in [7, 11) is 0. The van der Waals surface area contributed by atoms with Crippen LogP contribution in [-0.4, -0.2) is 40.4 Å². The molecule has 1 aromatic carbocycles. The van der Waals surface area contributed by atoms with Crippen LogP contribution in [0.3, 0.4) is 0 Å². The van der Waals surface area contributed by atoms with Crippen LogP contribution >= 0.6 is 0 Å². The molecule has 1 unspecified atom stereocenters. The van der Waals surface area contributed by atoms with Crippen molar-refractivity contribution in [2.45, 2.75) is 25.1 Å². The van der Waals surface area contributed by atoms with Crippen LogP contribution in [0.4, 0.5) is 0 Å². The summed E-state index contributed by atoms with van der Waals surface area (Å²) < 4.78 is 12.4. The number of aliphatic hydroxyl groups is 1. The molecular formula is C20H22N5O3+. The highest BCUT2D eigenvalue weighted by molar-refractivity contribution is 5.58. The second-order valence-electron chi connectivity index (χ2n) is 7.49. The largest absolute Gasteiger partial charge is 0.380 e. The first-order chi connectivity index (χ1) is 13.7. The van der Waals surface area contributed by atoms with Gasteiger partial charge in [0.15, 0.2) is 18.2 Å². The van der Waals surface area contributed by atoms with Crippen molar-refractivity contribution in [3.63, 3.8) is 0 Å². The molecule has 2 N–H and O–H groups in total. The normalized spacial score (nSPS) is 26.8. The molecule has 8 heteroatoms. The fraction of sp³-hybridized carbons (Fsp3) is 0.400. The summed E-state index contributed by atoms with van der Waals surface area (Å²) in [5.41, 5.74) is 2.43. The van der Waals surface area contributed by atoms with Crippen molar-refractivity contribution in [1.29, 1.82) is 0 Å². The van der Waals surface area contributed by atoms with Gasteiger partial charge in [-0.1, -0.05) is 35.5 Å². The summed E-state index contributed by atoms with van der Waals surface area (Å²) in [5.74, 6) is 1.44. The highest BCUT2D eigenvalue weighted by atomic mass is 16.5. The molecule has 2 aliphatic heterocycles. The maximum atomic E-state index is 10.4. The molecule has 28 heavy (non-hydrogen) atoms. The van der Waals surface area contributed by atoms with E-state index >= 15 is 0 Å². The van der Waals surface area contributed by atoms with Gasteiger partial charge >= 0.3 is 0 Å². The van der Waals surface area contributed by atoms with E-state index in [2.05, 4.69) is 27.0 Å². The molecule has 1 saturated heterocycles. The van der Waals surface area contributed by atoms with Crippen molar-refractivity contribution in [3.05, 3.63) is 54.0 Å². The zero-order valence-corrected chi connectivity index (χ0v) is 15.3. The quantitative estimate of drug-likeness (QED) is 0.593. The standard InChI is InChI=1S/C20H22N5O3/c26-20(17-8-19(28-23-17)14-4-2-1-3-5-14)21-16-6-13(7-16)9-25-10-18(22-24-25)15-11-27-12-15/h1-5,8-10,13,15-16,20-21,26H,6-7,11-12H2/q+1/b25-9-. The molecule has 2 fully saturated rings. The Morgan fingerprint density at radius 1 is 1.21 bits per heavy atom. The van der Waals surface area contributed by atoms with Gasteiger partial charge in [0.25, 0.3) is 0 Å². The lowest BCUT2D eigenvalue weighted by Gasteiger charge is -2.34. The van der Waals surface area contributed by atoms with Gasteiger partial charge in [-0.2, -0.15) is 0 Å². The zero-order chi connectivity index (χ0) is 18.9. The van der Waals surface area contributed by atoms with Gasteiger partial charge in [-0.3, -0.25) is 5.32 Å². The summed E-state index contributed by atoms with van der Waals surface area (Å²) in [6.45, 7) is 1.47. The number of nitrogens with zero attached hydrogens (tertiary/aromatic N) is 4. The maximum Gasteiger partial charge on any atom is 0.229 e. The zero-order valence-electron chi connectivity index (χ0n) is 15.3. The average molecular weight is 380 g/mol. The van der Waals surface area contributed by atoms with Crippen LogP contribution in [0.1, 0.15) is 24.8 Å². The van der Waals surface area contributed by atoms with Crippen LogP contribution < -0.4 is 5.32 Å². The van der Waals surface area contributed by atoms with Gasteiger partial charge in [-0.05, 0) is 12.8 Å². The number of aromatic nitrogens is 1. The monoisotopic (exact) mass is 380 g/mol. The van der Waals surface area contributed by atoms with Gasteiger partial charge in [0.1, 0.15) is 17.1 Å². The third kappa shape index (κ3) is 3.54. The topological polar surface area (TPSA) is 95.2 Å². The molecule has 0 bridgehead atoms. The van der Waals surface area contributed by atoms with Gasteiger partial charge in [0.05, 0.1) is 24.2 Å². The van der Waals surface area contributed by atoms with Crippen LogP contribution in [-0.2, 0) is 4.74 Å². The van der Waals surface area contributed by atoms with Gasteiger partial charge in [0.2, 0.25) is 5.70 Å². The smallest absolute Gasteiger partial charge is 0.229 e.